The summed E-state index contributed by atoms with van der Waals surface area (Å²) in [7, 11) is 0. The van der Waals surface area contributed by atoms with Gasteiger partial charge in [-0.2, -0.15) is 0 Å². The first-order valence-corrected chi connectivity index (χ1v) is 11.2. The van der Waals surface area contributed by atoms with Crippen LogP contribution in [0, 0.1) is 0 Å². The topological polar surface area (TPSA) is 60.3 Å². The summed E-state index contributed by atoms with van der Waals surface area (Å²) in [6, 6.07) is 18.1. The third-order valence-corrected chi connectivity index (χ3v) is 5.91. The molecule has 160 valence electrons. The van der Waals surface area contributed by atoms with Crippen LogP contribution in [0.25, 0.3) is 6.08 Å². The van der Waals surface area contributed by atoms with Crippen molar-refractivity contribution < 1.29 is 9.53 Å². The van der Waals surface area contributed by atoms with E-state index < -0.39 is 0 Å². The highest BCUT2D eigenvalue weighted by Gasteiger charge is 2.28. The molecule has 0 spiro atoms. The molecule has 2 aromatic carbocycles. The predicted octanol–water partition coefficient (Wildman–Crippen LogP) is 4.44. The molecule has 0 saturated carbocycles. The SMILES string of the molecule is CC(C)(C)c1ccc(OCc2nnc3n2N(C/C=C/c2ccccc2)C(=O)CS3)cc1. The van der Waals surface area contributed by atoms with Crippen LogP contribution in [0.1, 0.15) is 37.7 Å². The third kappa shape index (κ3) is 4.99. The molecule has 0 N–H and O–H groups in total. The molecule has 4 rings (SSSR count). The Hall–Kier alpha value is -3.06. The van der Waals surface area contributed by atoms with Crippen LogP contribution in [0.5, 0.6) is 5.75 Å². The fourth-order valence-corrected chi connectivity index (χ4v) is 4.09. The van der Waals surface area contributed by atoms with E-state index in [0.717, 1.165) is 11.3 Å². The van der Waals surface area contributed by atoms with Gasteiger partial charge in [0.2, 0.25) is 5.16 Å². The molecular weight excluding hydrogens is 408 g/mol. The smallest absolute Gasteiger partial charge is 0.252 e. The standard InChI is InChI=1S/C24H26N4O2S/c1-24(2,3)19-11-13-20(14-12-19)30-16-21-25-26-23-28(21)27(22(29)17-31-23)15-7-10-18-8-5-4-6-9-18/h4-14H,15-17H2,1-3H3/b10-7+. The fourth-order valence-electron chi connectivity index (χ4n) is 3.27. The molecule has 31 heavy (non-hydrogen) atoms. The average Bonchev–Trinajstić information content (AvgIpc) is 3.17. The number of carbonyl (C=O) groups is 1. The van der Waals surface area contributed by atoms with Crippen LogP contribution in [-0.4, -0.2) is 33.1 Å². The Morgan fingerprint density at radius 3 is 2.52 bits per heavy atom. The van der Waals surface area contributed by atoms with Crippen LogP contribution in [-0.2, 0) is 16.8 Å². The molecule has 7 heteroatoms. The summed E-state index contributed by atoms with van der Waals surface area (Å²) in [5.41, 5.74) is 2.43. The molecule has 0 saturated heterocycles. The van der Waals surface area contributed by atoms with Crippen molar-refractivity contribution in [2.75, 3.05) is 17.3 Å². The summed E-state index contributed by atoms with van der Waals surface area (Å²) in [5, 5.41) is 10.9. The summed E-state index contributed by atoms with van der Waals surface area (Å²) in [5.74, 6) is 1.73. The lowest BCUT2D eigenvalue weighted by Gasteiger charge is -2.28. The molecule has 6 nitrogen and oxygen atoms in total. The zero-order valence-corrected chi connectivity index (χ0v) is 18.8. The zero-order chi connectivity index (χ0) is 21.8. The van der Waals surface area contributed by atoms with Gasteiger partial charge in [0.05, 0.1) is 12.3 Å². The van der Waals surface area contributed by atoms with Crippen LogP contribution >= 0.6 is 11.8 Å². The summed E-state index contributed by atoms with van der Waals surface area (Å²) < 4.78 is 7.73. The van der Waals surface area contributed by atoms with Gasteiger partial charge in [-0.25, -0.2) is 9.69 Å². The van der Waals surface area contributed by atoms with Crippen molar-refractivity contribution >= 4 is 23.7 Å². The molecule has 0 unspecified atom stereocenters. The van der Waals surface area contributed by atoms with Crippen molar-refractivity contribution in [2.45, 2.75) is 37.9 Å². The van der Waals surface area contributed by atoms with E-state index in [-0.39, 0.29) is 17.9 Å². The van der Waals surface area contributed by atoms with E-state index in [1.807, 2.05) is 54.6 Å². The highest BCUT2D eigenvalue weighted by atomic mass is 32.2. The first kappa shape index (κ1) is 21.2. The van der Waals surface area contributed by atoms with Crippen molar-refractivity contribution in [1.82, 2.24) is 14.9 Å². The largest absolute Gasteiger partial charge is 0.486 e. The maximum absolute atomic E-state index is 12.6. The number of ether oxygens (including phenoxy) is 1. The monoisotopic (exact) mass is 434 g/mol. The average molecular weight is 435 g/mol. The molecule has 0 bridgehead atoms. The van der Waals surface area contributed by atoms with Crippen LogP contribution in [0.3, 0.4) is 0 Å². The molecule has 3 aromatic rings. The molecule has 1 aliphatic rings. The maximum Gasteiger partial charge on any atom is 0.252 e. The Morgan fingerprint density at radius 2 is 1.81 bits per heavy atom. The minimum Gasteiger partial charge on any atom is -0.486 e. The number of nitrogens with zero attached hydrogens (tertiary/aromatic N) is 4. The lowest BCUT2D eigenvalue weighted by molar-refractivity contribution is -0.117. The molecule has 0 radical (unpaired) electrons. The minimum absolute atomic E-state index is 0.0193. The number of rotatable bonds is 6. The van der Waals surface area contributed by atoms with Crippen LogP contribution in [0.15, 0.2) is 65.8 Å². The van der Waals surface area contributed by atoms with Gasteiger partial charge in [-0.1, -0.05) is 87.1 Å². The minimum atomic E-state index is 0.0193. The van der Waals surface area contributed by atoms with Crippen LogP contribution in [0.4, 0.5) is 0 Å². The third-order valence-electron chi connectivity index (χ3n) is 5.01. The van der Waals surface area contributed by atoms with E-state index in [1.165, 1.54) is 17.3 Å². The molecule has 1 amide bonds. The molecule has 1 aliphatic heterocycles. The Kier molecular flexibility index (Phi) is 6.13. The normalized spacial score (nSPS) is 14.2. The second kappa shape index (κ2) is 8.98. The van der Waals surface area contributed by atoms with E-state index in [1.54, 1.807) is 9.69 Å². The van der Waals surface area contributed by atoms with Gasteiger partial charge in [-0.05, 0) is 28.7 Å². The number of amides is 1. The first-order valence-electron chi connectivity index (χ1n) is 10.2. The van der Waals surface area contributed by atoms with Crippen LogP contribution in [0.2, 0.25) is 0 Å². The van der Waals surface area contributed by atoms with Gasteiger partial charge < -0.3 is 4.74 Å². The highest BCUT2D eigenvalue weighted by molar-refractivity contribution is 7.99. The van der Waals surface area contributed by atoms with E-state index in [0.29, 0.717) is 23.3 Å². The Morgan fingerprint density at radius 1 is 1.06 bits per heavy atom. The van der Waals surface area contributed by atoms with E-state index in [2.05, 4.69) is 43.1 Å². The summed E-state index contributed by atoms with van der Waals surface area (Å²) in [6.45, 7) is 7.21. The lowest BCUT2D eigenvalue weighted by atomic mass is 9.87. The Labute approximate surface area is 186 Å². The number of carbonyl (C=O) groups excluding carboxylic acids is 1. The van der Waals surface area contributed by atoms with Crippen molar-refractivity contribution in [3.05, 3.63) is 77.6 Å². The zero-order valence-electron chi connectivity index (χ0n) is 18.0. The number of thioether (sulfide) groups is 1. The van der Waals surface area contributed by atoms with E-state index >= 15 is 0 Å². The lowest BCUT2D eigenvalue weighted by Crippen LogP contribution is -2.45. The second-order valence-electron chi connectivity index (χ2n) is 8.35. The van der Waals surface area contributed by atoms with Crippen molar-refractivity contribution in [3.8, 4) is 5.75 Å². The van der Waals surface area contributed by atoms with Gasteiger partial charge in [-0.15, -0.1) is 10.2 Å². The van der Waals surface area contributed by atoms with Gasteiger partial charge in [0.25, 0.3) is 5.91 Å². The Balaban J connectivity index is 1.48. The van der Waals surface area contributed by atoms with Crippen LogP contribution < -0.4 is 9.75 Å². The summed E-state index contributed by atoms with van der Waals surface area (Å²) in [4.78, 5) is 12.6. The quantitative estimate of drug-likeness (QED) is 0.574. The van der Waals surface area contributed by atoms with Gasteiger partial charge in [-0.3, -0.25) is 4.79 Å². The molecule has 2 heterocycles. The maximum atomic E-state index is 12.6. The molecular formula is C24H26N4O2S. The fraction of sp³-hybridized carbons (Fsp3) is 0.292. The van der Waals surface area contributed by atoms with Gasteiger partial charge in [0, 0.05) is 0 Å². The molecule has 0 aliphatic carbocycles. The number of hydrogen-bond donors (Lipinski definition) is 0. The number of aromatic nitrogens is 3. The predicted molar refractivity (Wildman–Crippen MR) is 124 cm³/mol. The molecule has 0 atom stereocenters. The number of fused-ring (bicyclic) bond motifs is 1. The van der Waals surface area contributed by atoms with Crippen molar-refractivity contribution in [2.24, 2.45) is 0 Å². The number of hydrogen-bond acceptors (Lipinski definition) is 5. The first-order chi connectivity index (χ1) is 14.9. The van der Waals surface area contributed by atoms with Gasteiger partial charge in [0.1, 0.15) is 12.4 Å². The van der Waals surface area contributed by atoms with E-state index in [9.17, 15) is 4.79 Å². The molecule has 1 aromatic heterocycles. The van der Waals surface area contributed by atoms with Gasteiger partial charge in [0.15, 0.2) is 5.82 Å². The Bertz CT molecular complexity index is 1070. The second-order valence-corrected chi connectivity index (χ2v) is 9.29. The van der Waals surface area contributed by atoms with E-state index in [4.69, 9.17) is 4.74 Å². The highest BCUT2D eigenvalue weighted by Crippen LogP contribution is 2.26. The number of benzene rings is 2. The molecule has 0 fully saturated rings. The van der Waals surface area contributed by atoms with Crippen molar-refractivity contribution in [3.63, 3.8) is 0 Å². The summed E-state index contributed by atoms with van der Waals surface area (Å²) in [6.07, 6.45) is 3.98. The van der Waals surface area contributed by atoms with Crippen molar-refractivity contribution in [1.29, 1.82) is 0 Å². The summed E-state index contributed by atoms with van der Waals surface area (Å²) >= 11 is 1.40. The van der Waals surface area contributed by atoms with Gasteiger partial charge >= 0.3 is 0 Å².